The number of benzene rings is 1. The van der Waals surface area contributed by atoms with Gasteiger partial charge in [-0.1, -0.05) is 17.7 Å². The summed E-state index contributed by atoms with van der Waals surface area (Å²) >= 11 is 0. The second-order valence-corrected chi connectivity index (χ2v) is 6.20. The summed E-state index contributed by atoms with van der Waals surface area (Å²) in [5, 5.41) is 3.50. The smallest absolute Gasteiger partial charge is 0.0870 e. The Bertz CT molecular complexity index is 436. The highest BCUT2D eigenvalue weighted by molar-refractivity contribution is 5.39. The van der Waals surface area contributed by atoms with Gasteiger partial charge >= 0.3 is 0 Å². The molecule has 0 aliphatic carbocycles. The number of aryl methyl sites for hydroxylation is 3. The van der Waals surface area contributed by atoms with Gasteiger partial charge < -0.3 is 14.8 Å². The number of hydrogen-bond acceptors (Lipinski definition) is 3. The van der Waals surface area contributed by atoms with Gasteiger partial charge in [0, 0.05) is 32.7 Å². The topological polar surface area (TPSA) is 30.5 Å². The number of nitrogens with one attached hydrogen (secondary N) is 1. The van der Waals surface area contributed by atoms with Crippen LogP contribution in [0, 0.1) is 26.7 Å². The molecule has 2 rings (SSSR count). The van der Waals surface area contributed by atoms with Crippen LogP contribution in [0.15, 0.2) is 12.1 Å². The van der Waals surface area contributed by atoms with Crippen molar-refractivity contribution in [2.45, 2.75) is 39.7 Å². The molecule has 0 aromatic heterocycles. The third-order valence-corrected chi connectivity index (χ3v) is 4.36. The molecular formula is C18H29NO2. The van der Waals surface area contributed by atoms with Crippen LogP contribution in [0.3, 0.4) is 0 Å². The number of methoxy groups -OCH3 is 1. The molecule has 0 saturated carbocycles. The minimum Gasteiger partial charge on any atom is -0.383 e. The standard InChI is InChI=1S/C18H29NO2/c1-13-10-14(2)17(15(3)11-13)18-16(6-5-8-21-18)12-19-7-9-20-4/h10-11,16,18-19H,5-9,12H2,1-4H3. The minimum atomic E-state index is 0.231. The third kappa shape index (κ3) is 4.29. The lowest BCUT2D eigenvalue weighted by Gasteiger charge is -2.34. The van der Waals surface area contributed by atoms with Crippen molar-refractivity contribution < 1.29 is 9.47 Å². The molecule has 0 bridgehead atoms. The maximum Gasteiger partial charge on any atom is 0.0870 e. The van der Waals surface area contributed by atoms with Gasteiger partial charge in [0.1, 0.15) is 0 Å². The first-order valence-corrected chi connectivity index (χ1v) is 8.02. The molecule has 1 aliphatic heterocycles. The van der Waals surface area contributed by atoms with Crippen LogP contribution in [0.5, 0.6) is 0 Å². The van der Waals surface area contributed by atoms with Crippen LogP contribution in [-0.4, -0.2) is 33.4 Å². The first-order valence-electron chi connectivity index (χ1n) is 8.02. The number of hydrogen-bond donors (Lipinski definition) is 1. The first-order chi connectivity index (χ1) is 10.1. The predicted molar refractivity (Wildman–Crippen MR) is 86.8 cm³/mol. The number of rotatable bonds is 6. The Kier molecular flexibility index (Phi) is 6.22. The van der Waals surface area contributed by atoms with Crippen molar-refractivity contribution in [3.05, 3.63) is 34.4 Å². The fourth-order valence-corrected chi connectivity index (χ4v) is 3.47. The van der Waals surface area contributed by atoms with E-state index in [1.165, 1.54) is 28.7 Å². The first kappa shape index (κ1) is 16.5. The average Bonchev–Trinajstić information content (AvgIpc) is 2.44. The highest BCUT2D eigenvalue weighted by Crippen LogP contribution is 2.37. The van der Waals surface area contributed by atoms with E-state index in [1.807, 2.05) is 0 Å². The van der Waals surface area contributed by atoms with Crippen LogP contribution < -0.4 is 5.32 Å². The van der Waals surface area contributed by atoms with E-state index in [9.17, 15) is 0 Å². The van der Waals surface area contributed by atoms with Crippen LogP contribution in [0.4, 0.5) is 0 Å². The molecule has 1 saturated heterocycles. The molecule has 3 nitrogen and oxygen atoms in total. The van der Waals surface area contributed by atoms with Gasteiger partial charge in [-0.2, -0.15) is 0 Å². The molecule has 3 heteroatoms. The fraction of sp³-hybridized carbons (Fsp3) is 0.667. The maximum atomic E-state index is 6.16. The molecule has 2 atom stereocenters. The molecule has 1 heterocycles. The van der Waals surface area contributed by atoms with Crippen LogP contribution in [0.1, 0.15) is 41.2 Å². The summed E-state index contributed by atoms with van der Waals surface area (Å²) < 4.78 is 11.3. The zero-order valence-corrected chi connectivity index (χ0v) is 13.9. The molecule has 1 N–H and O–H groups in total. The summed E-state index contributed by atoms with van der Waals surface area (Å²) in [7, 11) is 1.74. The maximum absolute atomic E-state index is 6.16. The van der Waals surface area contributed by atoms with Crippen molar-refractivity contribution in [3.63, 3.8) is 0 Å². The van der Waals surface area contributed by atoms with Gasteiger partial charge in [-0.25, -0.2) is 0 Å². The van der Waals surface area contributed by atoms with Crippen molar-refractivity contribution in [2.24, 2.45) is 5.92 Å². The van der Waals surface area contributed by atoms with E-state index in [2.05, 4.69) is 38.2 Å². The van der Waals surface area contributed by atoms with Crippen molar-refractivity contribution in [3.8, 4) is 0 Å². The van der Waals surface area contributed by atoms with Gasteiger partial charge in [0.15, 0.2) is 0 Å². The van der Waals surface area contributed by atoms with E-state index < -0.39 is 0 Å². The van der Waals surface area contributed by atoms with E-state index in [1.54, 1.807) is 7.11 Å². The Hall–Kier alpha value is -0.900. The molecule has 1 aromatic carbocycles. The lowest BCUT2D eigenvalue weighted by Crippen LogP contribution is -2.34. The van der Waals surface area contributed by atoms with Crippen molar-refractivity contribution in [1.29, 1.82) is 0 Å². The van der Waals surface area contributed by atoms with Gasteiger partial charge in [0.25, 0.3) is 0 Å². The SMILES string of the molecule is COCCNCC1CCCOC1c1c(C)cc(C)cc1C. The molecule has 0 radical (unpaired) electrons. The van der Waals surface area contributed by atoms with Gasteiger partial charge in [-0.3, -0.25) is 0 Å². The molecule has 0 amide bonds. The van der Waals surface area contributed by atoms with E-state index in [-0.39, 0.29) is 6.10 Å². The van der Waals surface area contributed by atoms with Crippen molar-refractivity contribution in [1.82, 2.24) is 5.32 Å². The van der Waals surface area contributed by atoms with E-state index >= 15 is 0 Å². The average molecular weight is 291 g/mol. The highest BCUT2D eigenvalue weighted by atomic mass is 16.5. The lowest BCUT2D eigenvalue weighted by atomic mass is 9.84. The minimum absolute atomic E-state index is 0.231. The Morgan fingerprint density at radius 1 is 1.24 bits per heavy atom. The van der Waals surface area contributed by atoms with Gasteiger partial charge in [-0.15, -0.1) is 0 Å². The second-order valence-electron chi connectivity index (χ2n) is 6.20. The Labute approximate surface area is 129 Å². The largest absolute Gasteiger partial charge is 0.383 e. The number of ether oxygens (including phenoxy) is 2. The van der Waals surface area contributed by atoms with Gasteiger partial charge in [0.2, 0.25) is 0 Å². The quantitative estimate of drug-likeness (QED) is 0.816. The van der Waals surface area contributed by atoms with Crippen LogP contribution >= 0.6 is 0 Å². The summed E-state index contributed by atoms with van der Waals surface area (Å²) in [5.41, 5.74) is 5.46. The summed E-state index contributed by atoms with van der Waals surface area (Å²) in [4.78, 5) is 0. The normalized spacial score (nSPS) is 22.5. The Balaban J connectivity index is 2.11. The zero-order valence-electron chi connectivity index (χ0n) is 13.9. The second kappa shape index (κ2) is 7.92. The van der Waals surface area contributed by atoms with Crippen molar-refractivity contribution in [2.75, 3.05) is 33.4 Å². The van der Waals surface area contributed by atoms with Gasteiger partial charge in [0.05, 0.1) is 12.7 Å². The predicted octanol–water partition coefficient (Wildman–Crippen LogP) is 3.32. The summed E-state index contributed by atoms with van der Waals surface area (Å²) in [6, 6.07) is 4.55. The molecule has 1 fully saturated rings. The molecule has 2 unspecified atom stereocenters. The lowest BCUT2D eigenvalue weighted by molar-refractivity contribution is -0.0287. The third-order valence-electron chi connectivity index (χ3n) is 4.36. The van der Waals surface area contributed by atoms with Gasteiger partial charge in [-0.05, 0) is 50.3 Å². The van der Waals surface area contributed by atoms with Crippen LogP contribution in [0.25, 0.3) is 0 Å². The summed E-state index contributed by atoms with van der Waals surface area (Å²) in [6.07, 6.45) is 2.63. The fourth-order valence-electron chi connectivity index (χ4n) is 3.47. The van der Waals surface area contributed by atoms with E-state index in [4.69, 9.17) is 9.47 Å². The monoisotopic (exact) mass is 291 g/mol. The summed E-state index contributed by atoms with van der Waals surface area (Å²) in [5.74, 6) is 0.552. The molecule has 0 spiro atoms. The van der Waals surface area contributed by atoms with Crippen molar-refractivity contribution >= 4 is 0 Å². The molecular weight excluding hydrogens is 262 g/mol. The molecule has 118 valence electrons. The Morgan fingerprint density at radius 2 is 1.95 bits per heavy atom. The Morgan fingerprint density at radius 3 is 2.62 bits per heavy atom. The van der Waals surface area contributed by atoms with E-state index in [0.29, 0.717) is 5.92 Å². The zero-order chi connectivity index (χ0) is 15.2. The molecule has 1 aromatic rings. The molecule has 21 heavy (non-hydrogen) atoms. The molecule has 1 aliphatic rings. The van der Waals surface area contributed by atoms with E-state index in [0.717, 1.165) is 32.7 Å². The highest BCUT2D eigenvalue weighted by Gasteiger charge is 2.29. The summed E-state index contributed by atoms with van der Waals surface area (Å²) in [6.45, 7) is 10.1. The van der Waals surface area contributed by atoms with Crippen LogP contribution in [-0.2, 0) is 9.47 Å². The van der Waals surface area contributed by atoms with Crippen LogP contribution in [0.2, 0.25) is 0 Å².